The number of hydrogen-bond donors (Lipinski definition) is 3. The molecule has 21 heavy (non-hydrogen) atoms. The van der Waals surface area contributed by atoms with Crippen LogP contribution in [0.3, 0.4) is 0 Å². The highest BCUT2D eigenvalue weighted by atomic mass is 16.3. The first kappa shape index (κ1) is 16.8. The fraction of sp³-hybridized carbons (Fsp3) is 0.941. The van der Waals surface area contributed by atoms with Crippen LogP contribution in [0.5, 0.6) is 0 Å². The predicted octanol–water partition coefficient (Wildman–Crippen LogP) is 2.07. The van der Waals surface area contributed by atoms with Gasteiger partial charge in [0.05, 0.1) is 11.0 Å². The molecule has 1 heterocycles. The van der Waals surface area contributed by atoms with Crippen molar-refractivity contribution in [3.8, 4) is 0 Å². The lowest BCUT2D eigenvalue weighted by molar-refractivity contribution is -0.134. The maximum absolute atomic E-state index is 12.7. The third kappa shape index (κ3) is 3.59. The number of aliphatic hydroxyl groups is 1. The Morgan fingerprint density at radius 1 is 1.33 bits per heavy atom. The van der Waals surface area contributed by atoms with Crippen LogP contribution in [0, 0.1) is 17.3 Å². The zero-order valence-corrected chi connectivity index (χ0v) is 13.9. The van der Waals surface area contributed by atoms with E-state index in [1.807, 2.05) is 0 Å². The molecule has 4 heteroatoms. The van der Waals surface area contributed by atoms with E-state index in [4.69, 9.17) is 0 Å². The third-order valence-electron chi connectivity index (χ3n) is 5.94. The zero-order chi connectivity index (χ0) is 15.5. The van der Waals surface area contributed by atoms with E-state index in [1.165, 1.54) is 6.42 Å². The number of carbonyl (C=O) groups is 1. The minimum atomic E-state index is -0.689. The Morgan fingerprint density at radius 2 is 2.00 bits per heavy atom. The SMILES string of the molecule is CCC1CCC(O)(CNC(=O)C2(C(C)C)CCNC2)CC1. The minimum absolute atomic E-state index is 0.119. The van der Waals surface area contributed by atoms with Crippen molar-refractivity contribution >= 4 is 5.91 Å². The molecule has 1 aliphatic carbocycles. The Labute approximate surface area is 129 Å². The van der Waals surface area contributed by atoms with Crippen LogP contribution < -0.4 is 10.6 Å². The molecule has 0 aromatic carbocycles. The second kappa shape index (κ2) is 6.66. The number of rotatable bonds is 5. The monoisotopic (exact) mass is 296 g/mol. The number of nitrogens with one attached hydrogen (secondary N) is 2. The normalized spacial score (nSPS) is 36.9. The van der Waals surface area contributed by atoms with Gasteiger partial charge in [0.2, 0.25) is 5.91 Å². The standard InChI is InChI=1S/C17H32N2O2/c1-4-14-5-7-16(21,8-6-14)11-19-15(20)17(13(2)3)9-10-18-12-17/h13-14,18,21H,4-12H2,1-3H3,(H,19,20). The first-order valence-corrected chi connectivity index (χ1v) is 8.63. The van der Waals surface area contributed by atoms with Crippen molar-refractivity contribution in [2.75, 3.05) is 19.6 Å². The predicted molar refractivity (Wildman–Crippen MR) is 85.0 cm³/mol. The zero-order valence-electron chi connectivity index (χ0n) is 13.9. The van der Waals surface area contributed by atoms with Gasteiger partial charge in [-0.1, -0.05) is 27.2 Å². The highest BCUT2D eigenvalue weighted by Gasteiger charge is 2.44. The van der Waals surface area contributed by atoms with Crippen LogP contribution in [0.25, 0.3) is 0 Å². The van der Waals surface area contributed by atoms with Crippen molar-refractivity contribution in [1.82, 2.24) is 10.6 Å². The molecule has 2 fully saturated rings. The molecule has 1 atom stereocenters. The lowest BCUT2D eigenvalue weighted by Crippen LogP contribution is -2.52. The first-order valence-electron chi connectivity index (χ1n) is 8.63. The van der Waals surface area contributed by atoms with E-state index in [9.17, 15) is 9.90 Å². The number of hydrogen-bond acceptors (Lipinski definition) is 3. The molecule has 1 saturated heterocycles. The Balaban J connectivity index is 1.89. The van der Waals surface area contributed by atoms with Gasteiger partial charge in [0.25, 0.3) is 0 Å². The summed E-state index contributed by atoms with van der Waals surface area (Å²) in [6.07, 6.45) is 5.90. The quantitative estimate of drug-likeness (QED) is 0.728. The molecule has 3 N–H and O–H groups in total. The van der Waals surface area contributed by atoms with Crippen molar-refractivity contribution in [1.29, 1.82) is 0 Å². The second-order valence-corrected chi connectivity index (χ2v) is 7.50. The minimum Gasteiger partial charge on any atom is -0.388 e. The summed E-state index contributed by atoms with van der Waals surface area (Å²) < 4.78 is 0. The molecule has 1 aliphatic heterocycles. The topological polar surface area (TPSA) is 61.4 Å². The van der Waals surface area contributed by atoms with Crippen molar-refractivity contribution in [3.63, 3.8) is 0 Å². The maximum Gasteiger partial charge on any atom is 0.227 e. The average Bonchev–Trinajstić information content (AvgIpc) is 2.97. The summed E-state index contributed by atoms with van der Waals surface area (Å²) in [6.45, 7) is 8.54. The Morgan fingerprint density at radius 3 is 2.48 bits per heavy atom. The smallest absolute Gasteiger partial charge is 0.227 e. The van der Waals surface area contributed by atoms with Gasteiger partial charge in [0.15, 0.2) is 0 Å². The lowest BCUT2D eigenvalue weighted by atomic mass is 9.74. The van der Waals surface area contributed by atoms with E-state index < -0.39 is 5.60 Å². The summed E-state index contributed by atoms with van der Waals surface area (Å²) in [5.74, 6) is 1.19. The largest absolute Gasteiger partial charge is 0.388 e. The third-order valence-corrected chi connectivity index (χ3v) is 5.94. The molecule has 122 valence electrons. The fourth-order valence-corrected chi connectivity index (χ4v) is 3.88. The van der Waals surface area contributed by atoms with Crippen molar-refractivity contribution in [3.05, 3.63) is 0 Å². The van der Waals surface area contributed by atoms with Gasteiger partial charge in [0, 0.05) is 13.1 Å². The highest BCUT2D eigenvalue weighted by molar-refractivity contribution is 5.83. The Kier molecular flexibility index (Phi) is 5.31. The van der Waals surface area contributed by atoms with Crippen LogP contribution in [0.15, 0.2) is 0 Å². The molecule has 2 rings (SSSR count). The van der Waals surface area contributed by atoms with Gasteiger partial charge >= 0.3 is 0 Å². The summed E-state index contributed by atoms with van der Waals surface area (Å²) >= 11 is 0. The van der Waals surface area contributed by atoms with Crippen LogP contribution in [-0.2, 0) is 4.79 Å². The second-order valence-electron chi connectivity index (χ2n) is 7.50. The number of carbonyl (C=O) groups excluding carboxylic acids is 1. The van der Waals surface area contributed by atoms with E-state index in [0.717, 1.165) is 51.1 Å². The van der Waals surface area contributed by atoms with Gasteiger partial charge in [-0.05, 0) is 50.5 Å². The highest BCUT2D eigenvalue weighted by Crippen LogP contribution is 2.36. The van der Waals surface area contributed by atoms with Crippen molar-refractivity contribution in [2.24, 2.45) is 17.3 Å². The fourth-order valence-electron chi connectivity index (χ4n) is 3.88. The molecule has 0 bridgehead atoms. The van der Waals surface area contributed by atoms with Crippen LogP contribution in [0.1, 0.15) is 59.3 Å². The Bertz CT molecular complexity index is 354. The van der Waals surface area contributed by atoms with Crippen molar-refractivity contribution < 1.29 is 9.90 Å². The summed E-state index contributed by atoms with van der Waals surface area (Å²) in [6, 6.07) is 0. The van der Waals surface area contributed by atoms with Gasteiger partial charge in [-0.2, -0.15) is 0 Å². The van der Waals surface area contributed by atoms with Gasteiger partial charge in [-0.3, -0.25) is 4.79 Å². The molecule has 0 spiro atoms. The van der Waals surface area contributed by atoms with E-state index in [-0.39, 0.29) is 11.3 Å². The van der Waals surface area contributed by atoms with Crippen LogP contribution in [-0.4, -0.2) is 36.2 Å². The van der Waals surface area contributed by atoms with Gasteiger partial charge in [-0.25, -0.2) is 0 Å². The Hall–Kier alpha value is -0.610. The van der Waals surface area contributed by atoms with Gasteiger partial charge in [-0.15, -0.1) is 0 Å². The first-order chi connectivity index (χ1) is 9.92. The van der Waals surface area contributed by atoms with Crippen molar-refractivity contribution in [2.45, 2.75) is 64.9 Å². The summed E-state index contributed by atoms with van der Waals surface area (Å²) in [5.41, 5.74) is -0.984. The molecule has 0 aromatic heterocycles. The van der Waals surface area contributed by atoms with Gasteiger partial charge in [0.1, 0.15) is 0 Å². The van der Waals surface area contributed by atoms with Gasteiger partial charge < -0.3 is 15.7 Å². The molecule has 2 aliphatic rings. The summed E-state index contributed by atoms with van der Waals surface area (Å²) in [4.78, 5) is 12.7. The molecule has 1 saturated carbocycles. The maximum atomic E-state index is 12.7. The molecule has 0 aromatic rings. The van der Waals surface area contributed by atoms with Crippen LogP contribution in [0.2, 0.25) is 0 Å². The molecular formula is C17H32N2O2. The molecular weight excluding hydrogens is 264 g/mol. The lowest BCUT2D eigenvalue weighted by Gasteiger charge is -2.38. The van der Waals surface area contributed by atoms with Crippen LogP contribution in [0.4, 0.5) is 0 Å². The molecule has 1 amide bonds. The molecule has 1 unspecified atom stereocenters. The van der Waals surface area contributed by atoms with E-state index >= 15 is 0 Å². The van der Waals surface area contributed by atoms with E-state index in [2.05, 4.69) is 31.4 Å². The average molecular weight is 296 g/mol. The summed E-state index contributed by atoms with van der Waals surface area (Å²) in [7, 11) is 0. The van der Waals surface area contributed by atoms with E-state index in [0.29, 0.717) is 12.5 Å². The van der Waals surface area contributed by atoms with Crippen LogP contribution >= 0.6 is 0 Å². The molecule has 4 nitrogen and oxygen atoms in total. The number of amides is 1. The van der Waals surface area contributed by atoms with E-state index in [1.54, 1.807) is 0 Å². The molecule has 0 radical (unpaired) electrons. The summed E-state index contributed by atoms with van der Waals surface area (Å²) in [5, 5.41) is 17.0.